The highest BCUT2D eigenvalue weighted by atomic mass is 32.1. The van der Waals surface area contributed by atoms with Gasteiger partial charge in [0.15, 0.2) is 0 Å². The first-order valence-corrected chi connectivity index (χ1v) is 9.32. The van der Waals surface area contributed by atoms with Gasteiger partial charge in [0.1, 0.15) is 17.7 Å². The standard InChI is InChI=1S/C17H19N7OS/c1-12-3-2-4-13-15(12)18-10-19-16(13)24-7-5-23(6-8-24)9-14(25)21-17-22-20-11-26-17/h2-4,10-11H,5-9H2,1H3,(H,21,22,25). The zero-order valence-electron chi connectivity index (χ0n) is 14.4. The third-order valence-electron chi connectivity index (χ3n) is 4.49. The first-order chi connectivity index (χ1) is 12.7. The fourth-order valence-corrected chi connectivity index (χ4v) is 3.64. The van der Waals surface area contributed by atoms with Crippen LogP contribution in [-0.4, -0.2) is 63.7 Å². The van der Waals surface area contributed by atoms with Crippen LogP contribution < -0.4 is 10.2 Å². The molecule has 3 heterocycles. The Kier molecular flexibility index (Phi) is 4.72. The van der Waals surface area contributed by atoms with Gasteiger partial charge in [0.05, 0.1) is 12.1 Å². The van der Waals surface area contributed by atoms with Gasteiger partial charge in [-0.1, -0.05) is 23.5 Å². The second-order valence-corrected chi connectivity index (χ2v) is 7.06. The molecule has 1 amide bonds. The van der Waals surface area contributed by atoms with E-state index in [0.29, 0.717) is 11.7 Å². The first-order valence-electron chi connectivity index (χ1n) is 8.44. The summed E-state index contributed by atoms with van der Waals surface area (Å²) in [4.78, 5) is 25.4. The fraction of sp³-hybridized carbons (Fsp3) is 0.353. The third kappa shape index (κ3) is 3.49. The van der Waals surface area contributed by atoms with Crippen LogP contribution in [0.5, 0.6) is 0 Å². The van der Waals surface area contributed by atoms with Crippen LogP contribution in [0.15, 0.2) is 30.0 Å². The predicted molar refractivity (Wildman–Crippen MR) is 101 cm³/mol. The molecule has 1 N–H and O–H groups in total. The number of carbonyl (C=O) groups is 1. The molecule has 3 aromatic rings. The van der Waals surface area contributed by atoms with E-state index >= 15 is 0 Å². The molecule has 26 heavy (non-hydrogen) atoms. The van der Waals surface area contributed by atoms with Crippen molar-refractivity contribution >= 4 is 39.1 Å². The van der Waals surface area contributed by atoms with Gasteiger partial charge >= 0.3 is 0 Å². The summed E-state index contributed by atoms with van der Waals surface area (Å²) in [6, 6.07) is 6.17. The van der Waals surface area contributed by atoms with E-state index in [1.807, 2.05) is 6.07 Å². The summed E-state index contributed by atoms with van der Waals surface area (Å²) in [5.74, 6) is 0.912. The summed E-state index contributed by atoms with van der Waals surface area (Å²) in [5, 5.41) is 11.9. The van der Waals surface area contributed by atoms with E-state index in [4.69, 9.17) is 0 Å². The molecule has 0 saturated carbocycles. The van der Waals surface area contributed by atoms with E-state index in [-0.39, 0.29) is 5.91 Å². The average Bonchev–Trinajstić information content (AvgIpc) is 3.15. The van der Waals surface area contributed by atoms with Crippen LogP contribution >= 0.6 is 11.3 Å². The largest absolute Gasteiger partial charge is 0.353 e. The van der Waals surface area contributed by atoms with Crippen molar-refractivity contribution in [2.24, 2.45) is 0 Å². The maximum absolute atomic E-state index is 12.1. The normalized spacial score (nSPS) is 15.3. The number of piperazine rings is 1. The number of hydrogen-bond donors (Lipinski definition) is 1. The fourth-order valence-electron chi connectivity index (χ4n) is 3.18. The summed E-state index contributed by atoms with van der Waals surface area (Å²) >= 11 is 1.32. The van der Waals surface area contributed by atoms with Crippen molar-refractivity contribution in [3.63, 3.8) is 0 Å². The van der Waals surface area contributed by atoms with Crippen molar-refractivity contribution < 1.29 is 4.79 Å². The molecule has 2 aromatic heterocycles. The van der Waals surface area contributed by atoms with Crippen molar-refractivity contribution in [1.82, 2.24) is 25.1 Å². The Morgan fingerprint density at radius 3 is 2.85 bits per heavy atom. The summed E-state index contributed by atoms with van der Waals surface area (Å²) in [5.41, 5.74) is 3.75. The van der Waals surface area contributed by atoms with Gasteiger partial charge in [-0.3, -0.25) is 15.0 Å². The summed E-state index contributed by atoms with van der Waals surface area (Å²) in [7, 11) is 0. The lowest BCUT2D eigenvalue weighted by Gasteiger charge is -2.35. The van der Waals surface area contributed by atoms with Gasteiger partial charge in [-0.25, -0.2) is 9.97 Å². The van der Waals surface area contributed by atoms with Gasteiger partial charge < -0.3 is 4.90 Å². The Morgan fingerprint density at radius 1 is 1.23 bits per heavy atom. The van der Waals surface area contributed by atoms with Crippen LogP contribution in [0.1, 0.15) is 5.56 Å². The summed E-state index contributed by atoms with van der Waals surface area (Å²) in [6.07, 6.45) is 1.63. The monoisotopic (exact) mass is 369 g/mol. The number of carbonyl (C=O) groups excluding carboxylic acids is 1. The lowest BCUT2D eigenvalue weighted by atomic mass is 10.1. The number of aromatic nitrogens is 4. The Bertz CT molecular complexity index is 907. The second-order valence-electron chi connectivity index (χ2n) is 6.22. The van der Waals surface area contributed by atoms with Crippen molar-refractivity contribution in [2.75, 3.05) is 42.9 Å². The molecule has 8 nitrogen and oxygen atoms in total. The molecule has 0 aliphatic carbocycles. The molecule has 4 rings (SSSR count). The molecule has 0 bridgehead atoms. The van der Waals surface area contributed by atoms with Gasteiger partial charge in [0.25, 0.3) is 0 Å². The van der Waals surface area contributed by atoms with Crippen molar-refractivity contribution in [3.8, 4) is 0 Å². The molecule has 0 unspecified atom stereocenters. The number of amides is 1. The number of fused-ring (bicyclic) bond motifs is 1. The maximum atomic E-state index is 12.1. The Morgan fingerprint density at radius 2 is 2.08 bits per heavy atom. The number of para-hydroxylation sites is 1. The maximum Gasteiger partial charge on any atom is 0.240 e. The zero-order valence-corrected chi connectivity index (χ0v) is 15.2. The van der Waals surface area contributed by atoms with Crippen LogP contribution in [0.2, 0.25) is 0 Å². The molecule has 0 spiro atoms. The lowest BCUT2D eigenvalue weighted by Crippen LogP contribution is -2.49. The third-order valence-corrected chi connectivity index (χ3v) is 5.10. The van der Waals surface area contributed by atoms with E-state index < -0.39 is 0 Å². The van der Waals surface area contributed by atoms with Gasteiger partial charge in [-0.2, -0.15) is 0 Å². The predicted octanol–water partition coefficient (Wildman–Crippen LogP) is 1.55. The number of hydrogen-bond acceptors (Lipinski definition) is 8. The Hall–Kier alpha value is -2.65. The number of aryl methyl sites for hydroxylation is 1. The van der Waals surface area contributed by atoms with E-state index in [1.54, 1.807) is 11.8 Å². The number of nitrogens with one attached hydrogen (secondary N) is 1. The molecule has 1 aliphatic heterocycles. The van der Waals surface area contributed by atoms with E-state index in [0.717, 1.165) is 48.5 Å². The highest BCUT2D eigenvalue weighted by Crippen LogP contribution is 2.25. The smallest absolute Gasteiger partial charge is 0.240 e. The Balaban J connectivity index is 1.39. The van der Waals surface area contributed by atoms with E-state index in [2.05, 4.69) is 54.3 Å². The average molecular weight is 369 g/mol. The van der Waals surface area contributed by atoms with Crippen molar-refractivity contribution in [1.29, 1.82) is 0 Å². The number of benzene rings is 1. The quantitative estimate of drug-likeness (QED) is 0.746. The van der Waals surface area contributed by atoms with Gasteiger partial charge in [0, 0.05) is 31.6 Å². The van der Waals surface area contributed by atoms with Gasteiger partial charge in [-0.05, 0) is 18.6 Å². The minimum Gasteiger partial charge on any atom is -0.353 e. The lowest BCUT2D eigenvalue weighted by molar-refractivity contribution is -0.117. The number of nitrogens with zero attached hydrogens (tertiary/aromatic N) is 6. The first kappa shape index (κ1) is 16.8. The number of anilines is 2. The zero-order chi connectivity index (χ0) is 17.9. The highest BCUT2D eigenvalue weighted by Gasteiger charge is 2.21. The minimum absolute atomic E-state index is 0.0571. The topological polar surface area (TPSA) is 87.1 Å². The van der Waals surface area contributed by atoms with Crippen LogP contribution in [0, 0.1) is 6.92 Å². The molecule has 1 fully saturated rings. The SMILES string of the molecule is Cc1cccc2c(N3CCN(CC(=O)Nc4nncs4)CC3)ncnc12. The molecular weight excluding hydrogens is 350 g/mol. The van der Waals surface area contributed by atoms with E-state index in [1.165, 1.54) is 11.3 Å². The molecular formula is C17H19N7OS. The van der Waals surface area contributed by atoms with Crippen LogP contribution in [-0.2, 0) is 4.79 Å². The van der Waals surface area contributed by atoms with Crippen LogP contribution in [0.4, 0.5) is 10.9 Å². The van der Waals surface area contributed by atoms with Gasteiger partial charge in [-0.15, -0.1) is 10.2 Å². The molecule has 1 aliphatic rings. The molecule has 134 valence electrons. The van der Waals surface area contributed by atoms with Crippen molar-refractivity contribution in [2.45, 2.75) is 6.92 Å². The second kappa shape index (κ2) is 7.30. The van der Waals surface area contributed by atoms with E-state index in [9.17, 15) is 4.79 Å². The summed E-state index contributed by atoms with van der Waals surface area (Å²) < 4.78 is 0. The molecule has 1 saturated heterocycles. The molecule has 0 atom stereocenters. The van der Waals surface area contributed by atoms with Crippen LogP contribution in [0.25, 0.3) is 10.9 Å². The highest BCUT2D eigenvalue weighted by molar-refractivity contribution is 7.13. The molecule has 1 aromatic carbocycles. The minimum atomic E-state index is -0.0571. The molecule has 0 radical (unpaired) electrons. The van der Waals surface area contributed by atoms with Crippen LogP contribution in [0.3, 0.4) is 0 Å². The number of rotatable bonds is 4. The molecule has 9 heteroatoms. The van der Waals surface area contributed by atoms with Crippen molar-refractivity contribution in [3.05, 3.63) is 35.6 Å². The van der Waals surface area contributed by atoms with Gasteiger partial charge in [0.2, 0.25) is 11.0 Å². The Labute approximate surface area is 154 Å². The summed E-state index contributed by atoms with van der Waals surface area (Å²) in [6.45, 7) is 5.69.